The molecular formula is C8H9NS. The number of hydrogen-bond donors (Lipinski definition) is 1. The van der Waals surface area contributed by atoms with Gasteiger partial charge >= 0.3 is 0 Å². The molecule has 0 unspecified atom stereocenters. The Morgan fingerprint density at radius 2 is 2.20 bits per heavy atom. The van der Waals surface area contributed by atoms with Crippen LogP contribution in [0.1, 0.15) is 11.3 Å². The van der Waals surface area contributed by atoms with Gasteiger partial charge in [0, 0.05) is 5.69 Å². The van der Waals surface area contributed by atoms with Gasteiger partial charge in [-0.2, -0.15) is 0 Å². The predicted octanol–water partition coefficient (Wildman–Crippen LogP) is 2.85. The monoisotopic (exact) mass is 151 g/mol. The van der Waals surface area contributed by atoms with Crippen molar-refractivity contribution in [3.63, 3.8) is 0 Å². The van der Waals surface area contributed by atoms with E-state index in [-0.39, 0.29) is 0 Å². The lowest BCUT2D eigenvalue weighted by molar-refractivity contribution is 1.29. The van der Waals surface area contributed by atoms with Crippen molar-refractivity contribution in [3.05, 3.63) is 22.7 Å². The molecule has 0 amide bonds. The molecule has 1 N–H and O–H groups in total. The molecule has 2 heteroatoms. The Labute approximate surface area is 63.7 Å². The number of nitrogens with one attached hydrogen (secondary N) is 1. The number of aryl methyl sites for hydroxylation is 2. The van der Waals surface area contributed by atoms with Crippen molar-refractivity contribution >= 4 is 21.6 Å². The molecule has 0 aliphatic rings. The maximum Gasteiger partial charge on any atom is 0.0595 e. The van der Waals surface area contributed by atoms with E-state index in [1.165, 1.54) is 21.5 Å². The average Bonchev–Trinajstić information content (AvgIpc) is 2.35. The van der Waals surface area contributed by atoms with Gasteiger partial charge in [-0.15, -0.1) is 11.3 Å². The van der Waals surface area contributed by atoms with Crippen LogP contribution >= 0.6 is 11.3 Å². The Morgan fingerprint density at radius 3 is 2.90 bits per heavy atom. The molecule has 0 spiro atoms. The standard InChI is InChI=1S/C8H9NS/c1-5-4-10-7-3-6(2)9-8(5)7/h3-4,9H,1-2H3. The molecule has 1 nitrogen and oxygen atoms in total. The zero-order valence-corrected chi connectivity index (χ0v) is 6.88. The molecule has 2 rings (SSSR count). The first-order chi connectivity index (χ1) is 4.77. The molecule has 2 heterocycles. The highest BCUT2D eigenvalue weighted by atomic mass is 32.1. The van der Waals surface area contributed by atoms with Gasteiger partial charge in [0.25, 0.3) is 0 Å². The molecule has 52 valence electrons. The zero-order chi connectivity index (χ0) is 7.14. The number of aromatic amines is 1. The van der Waals surface area contributed by atoms with Gasteiger partial charge in [-0.3, -0.25) is 0 Å². The van der Waals surface area contributed by atoms with E-state index in [1.54, 1.807) is 11.3 Å². The van der Waals surface area contributed by atoms with Gasteiger partial charge in [-0.1, -0.05) is 0 Å². The fraction of sp³-hybridized carbons (Fsp3) is 0.250. The van der Waals surface area contributed by atoms with Crippen LogP contribution < -0.4 is 0 Å². The fourth-order valence-electron chi connectivity index (χ4n) is 1.16. The van der Waals surface area contributed by atoms with Gasteiger partial charge in [0.1, 0.15) is 0 Å². The fourth-order valence-corrected chi connectivity index (χ4v) is 2.16. The summed E-state index contributed by atoms with van der Waals surface area (Å²) in [5.41, 5.74) is 3.92. The van der Waals surface area contributed by atoms with Gasteiger partial charge in [0.05, 0.1) is 10.2 Å². The summed E-state index contributed by atoms with van der Waals surface area (Å²) in [6.07, 6.45) is 0. The maximum atomic E-state index is 3.32. The van der Waals surface area contributed by atoms with Crippen LogP contribution in [0.25, 0.3) is 10.2 Å². The van der Waals surface area contributed by atoms with Gasteiger partial charge < -0.3 is 4.98 Å². The van der Waals surface area contributed by atoms with Crippen molar-refractivity contribution in [2.45, 2.75) is 13.8 Å². The number of thiophene rings is 1. The Hall–Kier alpha value is -0.760. The molecule has 0 saturated heterocycles. The van der Waals surface area contributed by atoms with Gasteiger partial charge in [-0.05, 0) is 30.9 Å². The first-order valence-corrected chi connectivity index (χ1v) is 4.19. The molecule has 0 atom stereocenters. The molecule has 10 heavy (non-hydrogen) atoms. The second-order valence-electron chi connectivity index (χ2n) is 2.61. The van der Waals surface area contributed by atoms with Crippen molar-refractivity contribution in [3.8, 4) is 0 Å². The van der Waals surface area contributed by atoms with Crippen LogP contribution in [0.2, 0.25) is 0 Å². The van der Waals surface area contributed by atoms with E-state index in [2.05, 4.69) is 30.3 Å². The molecule has 0 radical (unpaired) electrons. The lowest BCUT2D eigenvalue weighted by atomic mass is 10.3. The molecule has 0 aliphatic heterocycles. The van der Waals surface area contributed by atoms with Gasteiger partial charge in [0.2, 0.25) is 0 Å². The predicted molar refractivity (Wildman–Crippen MR) is 45.6 cm³/mol. The van der Waals surface area contributed by atoms with Crippen LogP contribution in [0, 0.1) is 13.8 Å². The summed E-state index contributed by atoms with van der Waals surface area (Å²) < 4.78 is 1.37. The van der Waals surface area contributed by atoms with E-state index < -0.39 is 0 Å². The largest absolute Gasteiger partial charge is 0.358 e. The van der Waals surface area contributed by atoms with E-state index in [1.807, 2.05) is 0 Å². The smallest absolute Gasteiger partial charge is 0.0595 e. The Balaban J connectivity index is 2.90. The molecule has 2 aromatic heterocycles. The molecule has 2 aromatic rings. The molecule has 0 bridgehead atoms. The molecule has 0 aliphatic carbocycles. The van der Waals surface area contributed by atoms with Crippen LogP contribution in [0.3, 0.4) is 0 Å². The second-order valence-corrected chi connectivity index (χ2v) is 3.52. The quantitative estimate of drug-likeness (QED) is 0.596. The van der Waals surface area contributed by atoms with Gasteiger partial charge in [0.15, 0.2) is 0 Å². The maximum absolute atomic E-state index is 3.32. The first kappa shape index (κ1) is 5.98. The summed E-state index contributed by atoms with van der Waals surface area (Å²) in [7, 11) is 0. The van der Waals surface area contributed by atoms with Crippen LogP contribution in [0.15, 0.2) is 11.4 Å². The van der Waals surface area contributed by atoms with Crippen LogP contribution in [0.4, 0.5) is 0 Å². The minimum atomic E-state index is 1.25. The van der Waals surface area contributed by atoms with E-state index in [0.717, 1.165) is 0 Å². The number of aromatic nitrogens is 1. The van der Waals surface area contributed by atoms with Gasteiger partial charge in [-0.25, -0.2) is 0 Å². The van der Waals surface area contributed by atoms with E-state index in [9.17, 15) is 0 Å². The minimum absolute atomic E-state index is 1.25. The van der Waals surface area contributed by atoms with E-state index in [4.69, 9.17) is 0 Å². The van der Waals surface area contributed by atoms with Crippen molar-refractivity contribution in [2.24, 2.45) is 0 Å². The summed E-state index contributed by atoms with van der Waals surface area (Å²) in [6, 6.07) is 2.19. The summed E-state index contributed by atoms with van der Waals surface area (Å²) in [4.78, 5) is 3.32. The lowest BCUT2D eigenvalue weighted by Gasteiger charge is -1.81. The Morgan fingerprint density at radius 1 is 1.40 bits per heavy atom. The van der Waals surface area contributed by atoms with Crippen LogP contribution in [-0.4, -0.2) is 4.98 Å². The molecular weight excluding hydrogens is 142 g/mol. The average molecular weight is 151 g/mol. The van der Waals surface area contributed by atoms with Crippen molar-refractivity contribution in [2.75, 3.05) is 0 Å². The number of rotatable bonds is 0. The van der Waals surface area contributed by atoms with E-state index in [0.29, 0.717) is 0 Å². The van der Waals surface area contributed by atoms with Crippen molar-refractivity contribution < 1.29 is 0 Å². The molecule has 0 aromatic carbocycles. The zero-order valence-electron chi connectivity index (χ0n) is 6.06. The third-order valence-corrected chi connectivity index (χ3v) is 2.72. The number of H-pyrrole nitrogens is 1. The number of fused-ring (bicyclic) bond motifs is 1. The highest BCUT2D eigenvalue weighted by Crippen LogP contribution is 2.24. The Kier molecular flexibility index (Phi) is 1.11. The molecule has 0 saturated carbocycles. The van der Waals surface area contributed by atoms with Crippen molar-refractivity contribution in [1.82, 2.24) is 4.98 Å². The second kappa shape index (κ2) is 1.86. The highest BCUT2D eigenvalue weighted by molar-refractivity contribution is 7.17. The highest BCUT2D eigenvalue weighted by Gasteiger charge is 2.00. The summed E-state index contributed by atoms with van der Waals surface area (Å²) in [5.74, 6) is 0. The van der Waals surface area contributed by atoms with Crippen LogP contribution in [-0.2, 0) is 0 Å². The minimum Gasteiger partial charge on any atom is -0.358 e. The normalized spacial score (nSPS) is 11.0. The third kappa shape index (κ3) is 0.688. The Bertz CT molecular complexity index is 356. The molecule has 0 fully saturated rings. The third-order valence-electron chi connectivity index (χ3n) is 1.67. The summed E-state index contributed by atoms with van der Waals surface area (Å²) >= 11 is 1.80. The SMILES string of the molecule is Cc1cc2scc(C)c2[nH]1. The van der Waals surface area contributed by atoms with E-state index >= 15 is 0 Å². The topological polar surface area (TPSA) is 15.8 Å². The lowest BCUT2D eigenvalue weighted by Crippen LogP contribution is -1.68. The summed E-state index contributed by atoms with van der Waals surface area (Å²) in [6.45, 7) is 4.22. The number of hydrogen-bond acceptors (Lipinski definition) is 1. The summed E-state index contributed by atoms with van der Waals surface area (Å²) in [5, 5.41) is 2.18. The van der Waals surface area contributed by atoms with Crippen molar-refractivity contribution in [1.29, 1.82) is 0 Å². The first-order valence-electron chi connectivity index (χ1n) is 3.31. The van der Waals surface area contributed by atoms with Crippen LogP contribution in [0.5, 0.6) is 0 Å².